The molecule has 0 atom stereocenters. The number of nitrogens with one attached hydrogen (secondary N) is 2. The summed E-state index contributed by atoms with van der Waals surface area (Å²) in [5.41, 5.74) is 0.998. The molecule has 1 saturated carbocycles. The molecule has 0 aliphatic heterocycles. The zero-order valence-corrected chi connectivity index (χ0v) is 10.8. The van der Waals surface area contributed by atoms with E-state index in [4.69, 9.17) is 0 Å². The molecular weight excluding hydrogens is 231 g/mol. The average molecular weight is 250 g/mol. The Bertz CT molecular complexity index is 453. The molecule has 1 aromatic carbocycles. The first-order chi connectivity index (χ1) is 8.48. The van der Waals surface area contributed by atoms with Gasteiger partial charge >= 0.3 is 6.03 Å². The molecular formula is C14H19FN2O. The third-order valence-corrected chi connectivity index (χ3v) is 3.49. The highest BCUT2D eigenvalue weighted by Crippen LogP contribution is 2.29. The van der Waals surface area contributed by atoms with Crippen molar-refractivity contribution in [2.24, 2.45) is 0 Å². The first-order valence-electron chi connectivity index (χ1n) is 6.34. The highest BCUT2D eigenvalue weighted by Gasteiger charge is 2.30. The lowest BCUT2D eigenvalue weighted by molar-refractivity contribution is 0.239. The van der Waals surface area contributed by atoms with E-state index in [9.17, 15) is 9.18 Å². The van der Waals surface area contributed by atoms with Crippen LogP contribution in [0.15, 0.2) is 18.2 Å². The van der Waals surface area contributed by atoms with E-state index in [2.05, 4.69) is 10.6 Å². The molecule has 1 aliphatic carbocycles. The summed E-state index contributed by atoms with van der Waals surface area (Å²) in [6, 6.07) is 4.34. The number of carbonyl (C=O) groups is 1. The summed E-state index contributed by atoms with van der Waals surface area (Å²) in [7, 11) is 0. The summed E-state index contributed by atoms with van der Waals surface area (Å²) in [6.45, 7) is 3.90. The number of urea groups is 1. The second kappa shape index (κ2) is 4.96. The summed E-state index contributed by atoms with van der Waals surface area (Å²) >= 11 is 0. The van der Waals surface area contributed by atoms with E-state index in [0.29, 0.717) is 0 Å². The van der Waals surface area contributed by atoms with E-state index >= 15 is 0 Å². The van der Waals surface area contributed by atoms with E-state index in [1.54, 1.807) is 12.1 Å². The van der Waals surface area contributed by atoms with E-state index < -0.39 is 5.82 Å². The van der Waals surface area contributed by atoms with Gasteiger partial charge in [0.25, 0.3) is 0 Å². The Morgan fingerprint density at radius 1 is 1.33 bits per heavy atom. The normalized spacial score (nSPS) is 17.5. The Kier molecular flexibility index (Phi) is 3.55. The van der Waals surface area contributed by atoms with Crippen LogP contribution in [-0.4, -0.2) is 11.6 Å². The second-order valence-corrected chi connectivity index (χ2v) is 5.33. The monoisotopic (exact) mass is 250 g/mol. The molecule has 1 aromatic rings. The zero-order valence-electron chi connectivity index (χ0n) is 10.8. The largest absolute Gasteiger partial charge is 0.333 e. The number of hydrogen-bond donors (Lipinski definition) is 2. The lowest BCUT2D eigenvalue weighted by Crippen LogP contribution is -2.45. The Balaban J connectivity index is 2.00. The fraction of sp³-hybridized carbons (Fsp3) is 0.500. The molecule has 2 amide bonds. The maximum absolute atomic E-state index is 13.5. The molecule has 0 heterocycles. The summed E-state index contributed by atoms with van der Waals surface area (Å²) in [5, 5.41) is 5.51. The van der Waals surface area contributed by atoms with Crippen LogP contribution >= 0.6 is 0 Å². The first-order valence-corrected chi connectivity index (χ1v) is 6.34. The van der Waals surface area contributed by atoms with Crippen LogP contribution in [0, 0.1) is 12.7 Å². The SMILES string of the molecule is Cc1ccc(F)c(NC(=O)NC2(C)CCCC2)c1. The van der Waals surface area contributed by atoms with Crippen LogP contribution in [0.25, 0.3) is 0 Å². The Hall–Kier alpha value is -1.58. The van der Waals surface area contributed by atoms with Crippen LogP contribution in [0.1, 0.15) is 38.2 Å². The van der Waals surface area contributed by atoms with Crippen LogP contribution in [0.3, 0.4) is 0 Å². The van der Waals surface area contributed by atoms with Crippen LogP contribution < -0.4 is 10.6 Å². The molecule has 4 heteroatoms. The highest BCUT2D eigenvalue weighted by molar-refractivity contribution is 5.90. The topological polar surface area (TPSA) is 41.1 Å². The van der Waals surface area contributed by atoms with E-state index in [0.717, 1.165) is 31.2 Å². The summed E-state index contributed by atoms with van der Waals surface area (Å²) in [5.74, 6) is -0.410. The number of aryl methyl sites for hydroxylation is 1. The summed E-state index contributed by atoms with van der Waals surface area (Å²) < 4.78 is 13.5. The van der Waals surface area contributed by atoms with Gasteiger partial charge in [-0.2, -0.15) is 0 Å². The van der Waals surface area contributed by atoms with Crippen molar-refractivity contribution in [2.45, 2.75) is 45.1 Å². The van der Waals surface area contributed by atoms with Gasteiger partial charge in [-0.1, -0.05) is 18.9 Å². The first kappa shape index (κ1) is 12.9. The van der Waals surface area contributed by atoms with Gasteiger partial charge in [0.05, 0.1) is 5.69 Å². The molecule has 18 heavy (non-hydrogen) atoms. The molecule has 0 saturated heterocycles. The maximum Gasteiger partial charge on any atom is 0.319 e. The Labute approximate surface area is 107 Å². The molecule has 2 N–H and O–H groups in total. The van der Waals surface area contributed by atoms with E-state index in [1.165, 1.54) is 6.07 Å². The molecule has 0 bridgehead atoms. The standard InChI is InChI=1S/C14H19FN2O/c1-10-5-6-11(15)12(9-10)16-13(18)17-14(2)7-3-4-8-14/h5-6,9H,3-4,7-8H2,1-2H3,(H2,16,17,18). The number of rotatable bonds is 2. The zero-order chi connectivity index (χ0) is 13.2. The Morgan fingerprint density at radius 2 is 2.00 bits per heavy atom. The predicted octanol–water partition coefficient (Wildman–Crippen LogP) is 3.59. The molecule has 98 valence electrons. The van der Waals surface area contributed by atoms with Gasteiger partial charge in [-0.25, -0.2) is 9.18 Å². The third kappa shape index (κ3) is 3.00. The minimum atomic E-state index is -0.410. The smallest absolute Gasteiger partial charge is 0.319 e. The van der Waals surface area contributed by atoms with E-state index in [-0.39, 0.29) is 17.3 Å². The van der Waals surface area contributed by atoms with Gasteiger partial charge in [-0.15, -0.1) is 0 Å². The van der Waals surface area contributed by atoms with Gasteiger partial charge in [0.2, 0.25) is 0 Å². The van der Waals surface area contributed by atoms with Gasteiger partial charge in [0.1, 0.15) is 5.82 Å². The lowest BCUT2D eigenvalue weighted by atomic mass is 10.0. The van der Waals surface area contributed by atoms with Crippen molar-refractivity contribution in [3.63, 3.8) is 0 Å². The second-order valence-electron chi connectivity index (χ2n) is 5.33. The molecule has 1 aliphatic rings. The van der Waals surface area contributed by atoms with Crippen LogP contribution in [0.5, 0.6) is 0 Å². The number of halogens is 1. The molecule has 1 fully saturated rings. The molecule has 0 aromatic heterocycles. The fourth-order valence-electron chi connectivity index (χ4n) is 2.44. The van der Waals surface area contributed by atoms with Crippen molar-refractivity contribution in [2.75, 3.05) is 5.32 Å². The van der Waals surface area contributed by atoms with Crippen LogP contribution in [-0.2, 0) is 0 Å². The third-order valence-electron chi connectivity index (χ3n) is 3.49. The number of hydrogen-bond acceptors (Lipinski definition) is 1. The molecule has 3 nitrogen and oxygen atoms in total. The van der Waals surface area contributed by atoms with Crippen molar-refractivity contribution in [1.29, 1.82) is 0 Å². The van der Waals surface area contributed by atoms with E-state index in [1.807, 2.05) is 13.8 Å². The lowest BCUT2D eigenvalue weighted by Gasteiger charge is -2.25. The van der Waals surface area contributed by atoms with Crippen molar-refractivity contribution in [3.05, 3.63) is 29.6 Å². The summed E-state index contributed by atoms with van der Waals surface area (Å²) in [6.07, 6.45) is 4.23. The molecule has 2 rings (SSSR count). The number of amides is 2. The van der Waals surface area contributed by atoms with Gasteiger partial charge < -0.3 is 10.6 Å². The fourth-order valence-corrected chi connectivity index (χ4v) is 2.44. The maximum atomic E-state index is 13.5. The quantitative estimate of drug-likeness (QED) is 0.827. The molecule has 0 spiro atoms. The number of carbonyl (C=O) groups excluding carboxylic acids is 1. The molecule has 0 unspecified atom stereocenters. The van der Waals surface area contributed by atoms with Crippen molar-refractivity contribution in [3.8, 4) is 0 Å². The number of anilines is 1. The van der Waals surface area contributed by atoms with Gasteiger partial charge in [0.15, 0.2) is 0 Å². The van der Waals surface area contributed by atoms with Crippen molar-refractivity contribution in [1.82, 2.24) is 5.32 Å². The Morgan fingerprint density at radius 3 is 2.67 bits per heavy atom. The average Bonchev–Trinajstić information content (AvgIpc) is 2.70. The van der Waals surface area contributed by atoms with Gasteiger partial charge in [-0.05, 0) is 44.4 Å². The minimum absolute atomic E-state index is 0.148. The predicted molar refractivity (Wildman–Crippen MR) is 70.2 cm³/mol. The van der Waals surface area contributed by atoms with Gasteiger partial charge in [-0.3, -0.25) is 0 Å². The summed E-state index contributed by atoms with van der Waals surface area (Å²) in [4.78, 5) is 11.8. The highest BCUT2D eigenvalue weighted by atomic mass is 19.1. The van der Waals surface area contributed by atoms with Crippen LogP contribution in [0.2, 0.25) is 0 Å². The molecule has 0 radical (unpaired) electrons. The number of benzene rings is 1. The van der Waals surface area contributed by atoms with Crippen molar-refractivity contribution < 1.29 is 9.18 Å². The minimum Gasteiger partial charge on any atom is -0.333 e. The van der Waals surface area contributed by atoms with Crippen molar-refractivity contribution >= 4 is 11.7 Å². The van der Waals surface area contributed by atoms with Gasteiger partial charge in [0, 0.05) is 5.54 Å². The van der Waals surface area contributed by atoms with Crippen LogP contribution in [0.4, 0.5) is 14.9 Å².